The first-order valence-corrected chi connectivity index (χ1v) is 8.57. The fourth-order valence-corrected chi connectivity index (χ4v) is 2.45. The van der Waals surface area contributed by atoms with Crippen molar-refractivity contribution < 1.29 is 19.1 Å². The van der Waals surface area contributed by atoms with Crippen LogP contribution in [0.3, 0.4) is 0 Å². The smallest absolute Gasteiger partial charge is 0.343 e. The number of rotatable bonds is 6. The molecule has 3 aromatic rings. The van der Waals surface area contributed by atoms with Crippen molar-refractivity contribution in [1.82, 2.24) is 0 Å². The molecule has 28 heavy (non-hydrogen) atoms. The number of hydrogen-bond acceptors (Lipinski definition) is 4. The Labute approximate surface area is 163 Å². The standard InChI is InChI=1S/C24H18O4/c1-17(27-23(25)21-9-5-3-6-10-21)19-13-15-20(16-14-19)18(2)28-24(26)22-11-7-4-8-12-22/h3-16H,1-2H2. The normalized spacial score (nSPS) is 10.0. The lowest BCUT2D eigenvalue weighted by atomic mass is 10.1. The van der Waals surface area contributed by atoms with Gasteiger partial charge >= 0.3 is 11.9 Å². The SMILES string of the molecule is C=C(OC(=O)c1ccccc1)c1ccc(C(=C)OC(=O)c2ccccc2)cc1. The molecular formula is C24H18O4. The molecule has 0 aliphatic rings. The van der Waals surface area contributed by atoms with Gasteiger partial charge in [0.1, 0.15) is 11.5 Å². The molecule has 0 heterocycles. The summed E-state index contributed by atoms with van der Waals surface area (Å²) in [5.41, 5.74) is 2.16. The van der Waals surface area contributed by atoms with Gasteiger partial charge in [-0.3, -0.25) is 0 Å². The van der Waals surface area contributed by atoms with Crippen molar-refractivity contribution in [2.45, 2.75) is 0 Å². The second-order valence-corrected chi connectivity index (χ2v) is 5.93. The predicted octanol–water partition coefficient (Wildman–Crippen LogP) is 5.34. The fourth-order valence-electron chi connectivity index (χ4n) is 2.45. The molecule has 0 saturated carbocycles. The van der Waals surface area contributed by atoms with Gasteiger partial charge in [0.05, 0.1) is 11.1 Å². The number of hydrogen-bond donors (Lipinski definition) is 0. The minimum atomic E-state index is -0.476. The fraction of sp³-hybridized carbons (Fsp3) is 0. The number of carbonyl (C=O) groups is 2. The highest BCUT2D eigenvalue weighted by atomic mass is 16.5. The molecule has 138 valence electrons. The minimum absolute atomic E-state index is 0.229. The molecule has 0 fully saturated rings. The molecule has 0 aliphatic heterocycles. The number of benzene rings is 3. The molecule has 0 unspecified atom stereocenters. The average Bonchev–Trinajstić information content (AvgIpc) is 2.75. The van der Waals surface area contributed by atoms with E-state index < -0.39 is 11.9 Å². The summed E-state index contributed by atoms with van der Waals surface area (Å²) in [6.07, 6.45) is 0. The lowest BCUT2D eigenvalue weighted by molar-refractivity contribution is 0.0682. The van der Waals surface area contributed by atoms with Crippen molar-refractivity contribution in [3.8, 4) is 0 Å². The molecular weight excluding hydrogens is 352 g/mol. The van der Waals surface area contributed by atoms with Crippen LogP contribution in [-0.2, 0) is 9.47 Å². The second-order valence-electron chi connectivity index (χ2n) is 5.93. The molecule has 3 rings (SSSR count). The Bertz CT molecular complexity index is 919. The van der Waals surface area contributed by atoms with Gasteiger partial charge in [-0.2, -0.15) is 0 Å². The van der Waals surface area contributed by atoms with Gasteiger partial charge in [-0.15, -0.1) is 0 Å². The van der Waals surface area contributed by atoms with Crippen LogP contribution in [0, 0.1) is 0 Å². The summed E-state index contributed by atoms with van der Waals surface area (Å²) in [5, 5.41) is 0. The van der Waals surface area contributed by atoms with Crippen molar-refractivity contribution in [1.29, 1.82) is 0 Å². The molecule has 0 amide bonds. The summed E-state index contributed by atoms with van der Waals surface area (Å²) in [5.74, 6) is -0.494. The monoisotopic (exact) mass is 370 g/mol. The highest BCUT2D eigenvalue weighted by Gasteiger charge is 2.12. The topological polar surface area (TPSA) is 52.6 Å². The lowest BCUT2D eigenvalue weighted by Crippen LogP contribution is -2.05. The van der Waals surface area contributed by atoms with Gasteiger partial charge < -0.3 is 9.47 Å². The maximum absolute atomic E-state index is 12.1. The van der Waals surface area contributed by atoms with E-state index in [1.807, 2.05) is 12.1 Å². The van der Waals surface area contributed by atoms with E-state index in [0.29, 0.717) is 22.3 Å². The Morgan fingerprint density at radius 1 is 0.500 bits per heavy atom. The summed E-state index contributed by atoms with van der Waals surface area (Å²) in [4.78, 5) is 24.2. The van der Waals surface area contributed by atoms with Gasteiger partial charge in [-0.25, -0.2) is 9.59 Å². The number of carbonyl (C=O) groups excluding carboxylic acids is 2. The summed E-state index contributed by atoms with van der Waals surface area (Å²) in [6, 6.07) is 24.2. The van der Waals surface area contributed by atoms with Crippen LogP contribution in [-0.4, -0.2) is 11.9 Å². The zero-order valence-corrected chi connectivity index (χ0v) is 15.1. The van der Waals surface area contributed by atoms with E-state index in [1.165, 1.54) is 0 Å². The summed E-state index contributed by atoms with van der Waals surface area (Å²) in [7, 11) is 0. The Balaban J connectivity index is 1.62. The van der Waals surface area contributed by atoms with E-state index in [-0.39, 0.29) is 11.5 Å². The van der Waals surface area contributed by atoms with Gasteiger partial charge in [0.25, 0.3) is 0 Å². The van der Waals surface area contributed by atoms with Crippen LogP contribution < -0.4 is 0 Å². The highest BCUT2D eigenvalue weighted by Crippen LogP contribution is 2.21. The molecule has 0 aliphatic carbocycles. The molecule has 0 atom stereocenters. The predicted molar refractivity (Wildman–Crippen MR) is 108 cm³/mol. The maximum atomic E-state index is 12.1. The van der Waals surface area contributed by atoms with E-state index in [9.17, 15) is 9.59 Å². The average molecular weight is 370 g/mol. The van der Waals surface area contributed by atoms with Crippen LogP contribution in [0.25, 0.3) is 11.5 Å². The Morgan fingerprint density at radius 2 is 0.821 bits per heavy atom. The quantitative estimate of drug-likeness (QED) is 0.434. The van der Waals surface area contributed by atoms with Crippen molar-refractivity contribution in [3.05, 3.63) is 120 Å². The lowest BCUT2D eigenvalue weighted by Gasteiger charge is -2.10. The zero-order valence-electron chi connectivity index (χ0n) is 15.1. The molecule has 3 aromatic carbocycles. The third-order valence-corrected chi connectivity index (χ3v) is 3.98. The summed E-state index contributed by atoms with van der Waals surface area (Å²) >= 11 is 0. The van der Waals surface area contributed by atoms with E-state index in [2.05, 4.69) is 13.2 Å². The van der Waals surface area contributed by atoms with Crippen LogP contribution in [0.5, 0.6) is 0 Å². The molecule has 0 radical (unpaired) electrons. The van der Waals surface area contributed by atoms with Crippen molar-refractivity contribution >= 4 is 23.5 Å². The third-order valence-electron chi connectivity index (χ3n) is 3.98. The second kappa shape index (κ2) is 8.64. The van der Waals surface area contributed by atoms with Gasteiger partial charge in [-0.1, -0.05) is 73.8 Å². The van der Waals surface area contributed by atoms with E-state index in [0.717, 1.165) is 0 Å². The highest BCUT2D eigenvalue weighted by molar-refractivity contribution is 5.93. The van der Waals surface area contributed by atoms with Gasteiger partial charge in [0.2, 0.25) is 0 Å². The van der Waals surface area contributed by atoms with E-state index >= 15 is 0 Å². The van der Waals surface area contributed by atoms with Crippen LogP contribution in [0.1, 0.15) is 31.8 Å². The largest absolute Gasteiger partial charge is 0.423 e. The third kappa shape index (κ3) is 4.62. The van der Waals surface area contributed by atoms with Gasteiger partial charge in [0, 0.05) is 11.1 Å². The molecule has 0 saturated heterocycles. The van der Waals surface area contributed by atoms with Crippen molar-refractivity contribution in [2.75, 3.05) is 0 Å². The molecule has 0 aromatic heterocycles. The molecule has 0 N–H and O–H groups in total. The first kappa shape index (κ1) is 18.9. The zero-order chi connectivity index (χ0) is 19.9. The van der Waals surface area contributed by atoms with Crippen LogP contribution >= 0.6 is 0 Å². The van der Waals surface area contributed by atoms with Crippen LogP contribution in [0.2, 0.25) is 0 Å². The molecule has 4 heteroatoms. The van der Waals surface area contributed by atoms with Gasteiger partial charge in [-0.05, 0) is 24.3 Å². The Kier molecular flexibility index (Phi) is 5.82. The van der Waals surface area contributed by atoms with Crippen LogP contribution in [0.15, 0.2) is 98.1 Å². The van der Waals surface area contributed by atoms with E-state index in [1.54, 1.807) is 72.8 Å². The maximum Gasteiger partial charge on any atom is 0.343 e. The van der Waals surface area contributed by atoms with E-state index in [4.69, 9.17) is 9.47 Å². The molecule has 0 bridgehead atoms. The first-order valence-electron chi connectivity index (χ1n) is 8.57. The Morgan fingerprint density at radius 3 is 1.14 bits per heavy atom. The Hall–Kier alpha value is -3.92. The molecule has 4 nitrogen and oxygen atoms in total. The van der Waals surface area contributed by atoms with Gasteiger partial charge in [0.15, 0.2) is 0 Å². The van der Waals surface area contributed by atoms with Crippen LogP contribution in [0.4, 0.5) is 0 Å². The number of ether oxygens (including phenoxy) is 2. The first-order chi connectivity index (χ1) is 13.5. The van der Waals surface area contributed by atoms with Crippen molar-refractivity contribution in [2.24, 2.45) is 0 Å². The van der Waals surface area contributed by atoms with Crippen molar-refractivity contribution in [3.63, 3.8) is 0 Å². The number of esters is 2. The summed E-state index contributed by atoms with van der Waals surface area (Å²) < 4.78 is 10.6. The molecule has 0 spiro atoms. The minimum Gasteiger partial charge on any atom is -0.423 e. The summed E-state index contributed by atoms with van der Waals surface area (Å²) in [6.45, 7) is 7.60.